The minimum atomic E-state index is -0.473. The number of hydrogen-bond acceptors (Lipinski definition) is 5. The topological polar surface area (TPSA) is 85.9 Å². The number of halogens is 1. The van der Waals surface area contributed by atoms with Crippen LogP contribution in [0.2, 0.25) is 5.02 Å². The second kappa shape index (κ2) is 4.85. The summed E-state index contributed by atoms with van der Waals surface area (Å²) in [6.45, 7) is 3.55. The summed E-state index contributed by atoms with van der Waals surface area (Å²) >= 11 is 6.06. The zero-order chi connectivity index (χ0) is 14.2. The van der Waals surface area contributed by atoms with Crippen LogP contribution in [0.25, 0.3) is 5.82 Å². The minimum Gasteiger partial charge on any atom is -0.373 e. The number of pyridine rings is 1. The highest BCUT2D eigenvalue weighted by Crippen LogP contribution is 2.25. The van der Waals surface area contributed by atoms with Gasteiger partial charge in [-0.2, -0.15) is 5.10 Å². The van der Waals surface area contributed by atoms with Gasteiger partial charge in [-0.05, 0) is 13.8 Å². The van der Waals surface area contributed by atoms with Crippen molar-refractivity contribution in [2.45, 2.75) is 13.8 Å². The van der Waals surface area contributed by atoms with Gasteiger partial charge in [-0.15, -0.1) is 0 Å². The third-order valence-electron chi connectivity index (χ3n) is 2.68. The van der Waals surface area contributed by atoms with E-state index >= 15 is 0 Å². The smallest absolute Gasteiger partial charge is 0.276 e. The highest BCUT2D eigenvalue weighted by Gasteiger charge is 2.16. The molecule has 0 bridgehead atoms. The van der Waals surface area contributed by atoms with Gasteiger partial charge in [-0.3, -0.25) is 10.1 Å². The second-order valence-corrected chi connectivity index (χ2v) is 4.35. The van der Waals surface area contributed by atoms with Crippen LogP contribution in [-0.2, 0) is 0 Å². The number of nitrogens with one attached hydrogen (secondary N) is 1. The summed E-state index contributed by atoms with van der Waals surface area (Å²) < 4.78 is 1.49. The van der Waals surface area contributed by atoms with Crippen LogP contribution >= 0.6 is 11.6 Å². The van der Waals surface area contributed by atoms with Crippen molar-refractivity contribution in [3.63, 3.8) is 0 Å². The van der Waals surface area contributed by atoms with Crippen molar-refractivity contribution in [2.24, 2.45) is 0 Å². The summed E-state index contributed by atoms with van der Waals surface area (Å²) in [5.74, 6) is 0.749. The predicted molar refractivity (Wildman–Crippen MR) is 72.0 cm³/mol. The van der Waals surface area contributed by atoms with Crippen LogP contribution < -0.4 is 5.32 Å². The lowest BCUT2D eigenvalue weighted by atomic mass is 10.3. The van der Waals surface area contributed by atoms with Crippen LogP contribution in [0.1, 0.15) is 11.4 Å². The maximum absolute atomic E-state index is 10.9. The van der Waals surface area contributed by atoms with E-state index in [2.05, 4.69) is 15.4 Å². The molecule has 0 aliphatic carbocycles. The number of hydrogen-bond donors (Lipinski definition) is 1. The lowest BCUT2D eigenvalue weighted by Gasteiger charge is -2.06. The molecule has 100 valence electrons. The van der Waals surface area contributed by atoms with Crippen molar-refractivity contribution >= 4 is 23.1 Å². The average Bonchev–Trinajstić information content (AvgIpc) is 2.66. The molecule has 2 heterocycles. The van der Waals surface area contributed by atoms with Crippen LogP contribution in [0.5, 0.6) is 0 Å². The molecule has 0 fully saturated rings. The number of nitro groups is 1. The Labute approximate surface area is 114 Å². The first-order chi connectivity index (χ1) is 8.93. The number of rotatable bonds is 3. The van der Waals surface area contributed by atoms with E-state index in [0.29, 0.717) is 28.0 Å². The van der Waals surface area contributed by atoms with Crippen molar-refractivity contribution in [2.75, 3.05) is 12.4 Å². The molecule has 2 aromatic rings. The first-order valence-electron chi connectivity index (χ1n) is 5.50. The Morgan fingerprint density at radius 1 is 1.42 bits per heavy atom. The van der Waals surface area contributed by atoms with Gasteiger partial charge in [0.25, 0.3) is 5.69 Å². The molecule has 1 N–H and O–H groups in total. The van der Waals surface area contributed by atoms with Gasteiger partial charge in [0.05, 0.1) is 33.5 Å². The number of aromatic nitrogens is 3. The average molecular weight is 282 g/mol. The van der Waals surface area contributed by atoms with Crippen LogP contribution in [0.3, 0.4) is 0 Å². The van der Waals surface area contributed by atoms with E-state index < -0.39 is 4.92 Å². The van der Waals surface area contributed by atoms with E-state index in [9.17, 15) is 10.1 Å². The SMILES string of the molecule is CNc1cc([N+](=O)[O-])cc(-n2nc(C)c(Cl)c2C)n1. The normalized spacial score (nSPS) is 10.5. The molecule has 8 heteroatoms. The predicted octanol–water partition coefficient (Wildman–Crippen LogP) is 2.49. The van der Waals surface area contributed by atoms with E-state index in [1.54, 1.807) is 20.9 Å². The highest BCUT2D eigenvalue weighted by atomic mass is 35.5. The number of aryl methyl sites for hydroxylation is 1. The van der Waals surface area contributed by atoms with Crippen molar-refractivity contribution in [3.8, 4) is 5.82 Å². The largest absolute Gasteiger partial charge is 0.373 e. The summed E-state index contributed by atoms with van der Waals surface area (Å²) in [7, 11) is 1.64. The lowest BCUT2D eigenvalue weighted by Crippen LogP contribution is -2.05. The summed E-state index contributed by atoms with van der Waals surface area (Å²) in [6, 6.07) is 2.72. The molecular weight excluding hydrogens is 270 g/mol. The maximum Gasteiger partial charge on any atom is 0.276 e. The fraction of sp³-hybridized carbons (Fsp3) is 0.273. The third kappa shape index (κ3) is 2.37. The van der Waals surface area contributed by atoms with Crippen molar-refractivity contribution in [3.05, 3.63) is 38.7 Å². The maximum atomic E-state index is 10.9. The fourth-order valence-electron chi connectivity index (χ4n) is 1.69. The Balaban J connectivity index is 2.64. The molecule has 7 nitrogen and oxygen atoms in total. The molecule has 0 radical (unpaired) electrons. The Kier molecular flexibility index (Phi) is 3.39. The monoisotopic (exact) mass is 281 g/mol. The second-order valence-electron chi connectivity index (χ2n) is 3.97. The Bertz CT molecular complexity index is 653. The van der Waals surface area contributed by atoms with E-state index in [0.717, 1.165) is 0 Å². The zero-order valence-electron chi connectivity index (χ0n) is 10.6. The Hall–Kier alpha value is -2.15. The molecule has 0 amide bonds. The molecule has 2 aromatic heterocycles. The zero-order valence-corrected chi connectivity index (χ0v) is 11.4. The van der Waals surface area contributed by atoms with Gasteiger partial charge in [-0.1, -0.05) is 11.6 Å². The molecule has 2 rings (SSSR count). The quantitative estimate of drug-likeness (QED) is 0.690. The standard InChI is InChI=1S/C11H12ClN5O2/c1-6-11(12)7(2)16(15-6)10-5-8(17(18)19)4-9(13-3)14-10/h4-5H,1-3H3,(H,13,14). The van der Waals surface area contributed by atoms with E-state index in [-0.39, 0.29) is 5.69 Å². The minimum absolute atomic E-state index is 0.0574. The van der Waals surface area contributed by atoms with Gasteiger partial charge >= 0.3 is 0 Å². The summed E-state index contributed by atoms with van der Waals surface area (Å²) in [5, 5.41) is 18.4. The Morgan fingerprint density at radius 3 is 2.58 bits per heavy atom. The molecule has 0 saturated heterocycles. The molecule has 0 spiro atoms. The highest BCUT2D eigenvalue weighted by molar-refractivity contribution is 6.31. The summed E-state index contributed by atoms with van der Waals surface area (Å²) in [5.41, 5.74) is 1.28. The number of anilines is 1. The molecule has 0 unspecified atom stereocenters. The first-order valence-corrected chi connectivity index (χ1v) is 5.88. The van der Waals surface area contributed by atoms with E-state index in [1.165, 1.54) is 16.8 Å². The molecule has 0 aliphatic rings. The van der Waals surface area contributed by atoms with Gasteiger partial charge in [0.15, 0.2) is 5.82 Å². The van der Waals surface area contributed by atoms with Crippen molar-refractivity contribution in [1.82, 2.24) is 14.8 Å². The van der Waals surface area contributed by atoms with Crippen molar-refractivity contribution in [1.29, 1.82) is 0 Å². The van der Waals surface area contributed by atoms with Crippen molar-refractivity contribution < 1.29 is 4.92 Å². The molecule has 0 saturated carbocycles. The third-order valence-corrected chi connectivity index (χ3v) is 3.23. The van der Waals surface area contributed by atoms with Crippen LogP contribution in [0.4, 0.5) is 11.5 Å². The van der Waals surface area contributed by atoms with Gasteiger partial charge in [-0.25, -0.2) is 9.67 Å². The number of nitrogens with zero attached hydrogens (tertiary/aromatic N) is 4. The molecule has 0 aromatic carbocycles. The Morgan fingerprint density at radius 2 is 2.11 bits per heavy atom. The van der Waals surface area contributed by atoms with Crippen LogP contribution in [0, 0.1) is 24.0 Å². The van der Waals surface area contributed by atoms with Crippen LogP contribution in [-0.4, -0.2) is 26.7 Å². The van der Waals surface area contributed by atoms with Crippen LogP contribution in [0.15, 0.2) is 12.1 Å². The molecular formula is C11H12ClN5O2. The van der Waals surface area contributed by atoms with Gasteiger partial charge in [0, 0.05) is 7.05 Å². The van der Waals surface area contributed by atoms with Gasteiger partial charge < -0.3 is 5.32 Å². The summed E-state index contributed by atoms with van der Waals surface area (Å²) in [4.78, 5) is 14.7. The van der Waals surface area contributed by atoms with E-state index in [1.807, 2.05) is 0 Å². The van der Waals surface area contributed by atoms with Gasteiger partial charge in [0.1, 0.15) is 5.82 Å². The molecule has 0 aliphatic heterocycles. The molecule has 0 atom stereocenters. The molecule has 19 heavy (non-hydrogen) atoms. The van der Waals surface area contributed by atoms with Gasteiger partial charge in [0.2, 0.25) is 0 Å². The van der Waals surface area contributed by atoms with E-state index in [4.69, 9.17) is 11.6 Å². The summed E-state index contributed by atoms with van der Waals surface area (Å²) in [6.07, 6.45) is 0. The first kappa shape index (κ1) is 13.3. The fourth-order valence-corrected chi connectivity index (χ4v) is 1.81. The lowest BCUT2D eigenvalue weighted by molar-refractivity contribution is -0.384.